The average Bonchev–Trinajstić information content (AvgIpc) is 2.27. The quantitative estimate of drug-likeness (QED) is 0.859. The fraction of sp³-hybridized carbons (Fsp3) is 0.364. The fourth-order valence-corrected chi connectivity index (χ4v) is 2.04. The second kappa shape index (κ2) is 4.81. The van der Waals surface area contributed by atoms with E-state index in [0.29, 0.717) is 35.3 Å². The summed E-state index contributed by atoms with van der Waals surface area (Å²) in [4.78, 5) is 10.7. The smallest absolute Gasteiger partial charge is 0.305 e. The highest BCUT2D eigenvalue weighted by Gasteiger charge is 2.24. The van der Waals surface area contributed by atoms with Crippen molar-refractivity contribution in [3.63, 3.8) is 0 Å². The number of nitrogens with two attached hydrogens (primary N) is 1. The van der Waals surface area contributed by atoms with E-state index in [2.05, 4.69) is 0 Å². The Hall–Kier alpha value is -1.46. The minimum Gasteiger partial charge on any atom is -0.486 e. The predicted molar refractivity (Wildman–Crippen MR) is 61.6 cm³/mol. The van der Waals surface area contributed by atoms with Gasteiger partial charge in [0.2, 0.25) is 0 Å². The Morgan fingerprint density at radius 2 is 2.18 bits per heavy atom. The van der Waals surface area contributed by atoms with Gasteiger partial charge in [-0.15, -0.1) is 0 Å². The van der Waals surface area contributed by atoms with E-state index in [0.717, 1.165) is 0 Å². The molecule has 0 saturated carbocycles. The van der Waals surface area contributed by atoms with E-state index in [1.165, 1.54) is 0 Å². The van der Waals surface area contributed by atoms with E-state index < -0.39 is 12.0 Å². The summed E-state index contributed by atoms with van der Waals surface area (Å²) in [5, 5.41) is 9.14. The molecule has 92 valence electrons. The molecule has 1 aliphatic rings. The minimum absolute atomic E-state index is 0.209. The molecule has 2 rings (SSSR count). The van der Waals surface area contributed by atoms with E-state index in [1.54, 1.807) is 12.1 Å². The number of halogens is 1. The van der Waals surface area contributed by atoms with Crippen LogP contribution in [0.3, 0.4) is 0 Å². The highest BCUT2D eigenvalue weighted by atomic mass is 35.5. The van der Waals surface area contributed by atoms with Crippen LogP contribution in [0.25, 0.3) is 0 Å². The third-order valence-electron chi connectivity index (χ3n) is 2.46. The summed E-state index contributed by atoms with van der Waals surface area (Å²) in [5.41, 5.74) is 6.31. The maximum Gasteiger partial charge on any atom is 0.305 e. The zero-order chi connectivity index (χ0) is 12.4. The van der Waals surface area contributed by atoms with Gasteiger partial charge < -0.3 is 20.3 Å². The van der Waals surface area contributed by atoms with Gasteiger partial charge in [-0.1, -0.05) is 11.6 Å². The predicted octanol–water partition coefficient (Wildman–Crippen LogP) is 1.59. The first-order chi connectivity index (χ1) is 8.09. The Kier molecular flexibility index (Phi) is 3.40. The second-order valence-electron chi connectivity index (χ2n) is 3.69. The number of aliphatic carboxylic acids is 1. The Morgan fingerprint density at radius 1 is 1.47 bits per heavy atom. The lowest BCUT2D eigenvalue weighted by atomic mass is 10.0. The third-order valence-corrected chi connectivity index (χ3v) is 2.79. The molecule has 1 aromatic rings. The Bertz CT molecular complexity index is 449. The highest BCUT2D eigenvalue weighted by Crippen LogP contribution is 2.41. The zero-order valence-corrected chi connectivity index (χ0v) is 9.74. The third kappa shape index (κ3) is 2.45. The van der Waals surface area contributed by atoms with Crippen LogP contribution in [0.2, 0.25) is 5.02 Å². The molecular weight excluding hydrogens is 246 g/mol. The number of carboxylic acid groups (broad SMARTS) is 1. The van der Waals surface area contributed by atoms with Crippen LogP contribution in [0.1, 0.15) is 18.0 Å². The molecule has 0 saturated heterocycles. The van der Waals surface area contributed by atoms with Crippen molar-refractivity contribution in [1.29, 1.82) is 0 Å². The van der Waals surface area contributed by atoms with Crippen LogP contribution in [0.4, 0.5) is 0 Å². The van der Waals surface area contributed by atoms with Crippen LogP contribution in [-0.4, -0.2) is 24.3 Å². The van der Waals surface area contributed by atoms with E-state index in [-0.39, 0.29) is 6.42 Å². The number of carbonyl (C=O) groups is 1. The number of rotatable bonds is 3. The van der Waals surface area contributed by atoms with Crippen molar-refractivity contribution in [2.45, 2.75) is 12.5 Å². The largest absolute Gasteiger partial charge is 0.486 e. The first kappa shape index (κ1) is 12.0. The fourth-order valence-electron chi connectivity index (χ4n) is 1.75. The van der Waals surface area contributed by atoms with Crippen molar-refractivity contribution in [2.75, 3.05) is 13.2 Å². The van der Waals surface area contributed by atoms with Gasteiger partial charge in [-0.25, -0.2) is 0 Å². The monoisotopic (exact) mass is 257 g/mol. The lowest BCUT2D eigenvalue weighted by Crippen LogP contribution is -2.21. The van der Waals surface area contributed by atoms with Crippen molar-refractivity contribution in [3.8, 4) is 11.5 Å². The molecular formula is C11H12ClNO4. The lowest BCUT2D eigenvalue weighted by molar-refractivity contribution is -0.137. The van der Waals surface area contributed by atoms with Crippen LogP contribution >= 0.6 is 11.6 Å². The van der Waals surface area contributed by atoms with Crippen molar-refractivity contribution in [2.24, 2.45) is 5.73 Å². The molecule has 6 heteroatoms. The van der Waals surface area contributed by atoms with Gasteiger partial charge in [0, 0.05) is 16.6 Å². The van der Waals surface area contributed by atoms with Gasteiger partial charge in [-0.05, 0) is 12.1 Å². The SMILES string of the molecule is NC(CC(=O)O)c1c(Cl)ccc2c1OCCO2. The topological polar surface area (TPSA) is 81.8 Å². The Balaban J connectivity index is 2.40. The molecule has 1 atom stereocenters. The first-order valence-electron chi connectivity index (χ1n) is 5.15. The second-order valence-corrected chi connectivity index (χ2v) is 4.10. The summed E-state index contributed by atoms with van der Waals surface area (Å²) >= 11 is 6.03. The minimum atomic E-state index is -0.983. The molecule has 0 aromatic heterocycles. The number of hydrogen-bond donors (Lipinski definition) is 2. The Morgan fingerprint density at radius 3 is 2.88 bits per heavy atom. The normalized spacial score (nSPS) is 15.4. The molecule has 1 aromatic carbocycles. The lowest BCUT2D eigenvalue weighted by Gasteiger charge is -2.24. The average molecular weight is 258 g/mol. The van der Waals surface area contributed by atoms with E-state index >= 15 is 0 Å². The van der Waals surface area contributed by atoms with Gasteiger partial charge in [-0.3, -0.25) is 4.79 Å². The van der Waals surface area contributed by atoms with Crippen LogP contribution in [0, 0.1) is 0 Å². The number of hydrogen-bond acceptors (Lipinski definition) is 4. The molecule has 0 amide bonds. The maximum atomic E-state index is 10.7. The number of carboxylic acids is 1. The summed E-state index contributed by atoms with van der Waals surface area (Å²) in [6.45, 7) is 0.863. The first-order valence-corrected chi connectivity index (χ1v) is 5.52. The maximum absolute atomic E-state index is 10.7. The van der Waals surface area contributed by atoms with Gasteiger partial charge in [0.25, 0.3) is 0 Å². The van der Waals surface area contributed by atoms with Gasteiger partial charge in [-0.2, -0.15) is 0 Å². The van der Waals surface area contributed by atoms with Crippen LogP contribution in [0.15, 0.2) is 12.1 Å². The van der Waals surface area contributed by atoms with Gasteiger partial charge in [0.05, 0.1) is 6.42 Å². The molecule has 3 N–H and O–H groups in total. The van der Waals surface area contributed by atoms with E-state index in [4.69, 9.17) is 31.9 Å². The van der Waals surface area contributed by atoms with Crippen LogP contribution < -0.4 is 15.2 Å². The number of fused-ring (bicyclic) bond motifs is 1. The molecule has 1 unspecified atom stereocenters. The Labute approximate surface area is 103 Å². The summed E-state index contributed by atoms with van der Waals surface area (Å²) in [6, 6.07) is 2.61. The highest BCUT2D eigenvalue weighted by molar-refractivity contribution is 6.31. The molecule has 17 heavy (non-hydrogen) atoms. The molecule has 0 aliphatic carbocycles. The molecule has 0 bridgehead atoms. The zero-order valence-electron chi connectivity index (χ0n) is 8.98. The van der Waals surface area contributed by atoms with E-state index in [1.807, 2.05) is 0 Å². The van der Waals surface area contributed by atoms with Crippen molar-refractivity contribution in [3.05, 3.63) is 22.7 Å². The van der Waals surface area contributed by atoms with Crippen molar-refractivity contribution in [1.82, 2.24) is 0 Å². The number of ether oxygens (including phenoxy) is 2. The van der Waals surface area contributed by atoms with Crippen molar-refractivity contribution >= 4 is 17.6 Å². The van der Waals surface area contributed by atoms with Gasteiger partial charge in [0.1, 0.15) is 13.2 Å². The number of benzene rings is 1. The molecule has 0 spiro atoms. The van der Waals surface area contributed by atoms with Gasteiger partial charge in [0.15, 0.2) is 11.5 Å². The summed E-state index contributed by atoms with van der Waals surface area (Å²) in [7, 11) is 0. The van der Waals surface area contributed by atoms with Gasteiger partial charge >= 0.3 is 5.97 Å². The standard InChI is InChI=1S/C11H12ClNO4/c12-6-1-2-8-11(17-4-3-16-8)10(6)7(13)5-9(14)15/h1-2,7H,3-5,13H2,(H,14,15). The molecule has 0 radical (unpaired) electrons. The van der Waals surface area contributed by atoms with E-state index in [9.17, 15) is 4.79 Å². The molecule has 0 fully saturated rings. The molecule has 1 aliphatic heterocycles. The summed E-state index contributed by atoms with van der Waals surface area (Å²) in [5.74, 6) is 0.0249. The summed E-state index contributed by atoms with van der Waals surface area (Å²) < 4.78 is 10.8. The van der Waals surface area contributed by atoms with Crippen LogP contribution in [-0.2, 0) is 4.79 Å². The summed E-state index contributed by atoms with van der Waals surface area (Å²) in [6.07, 6.45) is -0.209. The molecule has 5 nitrogen and oxygen atoms in total. The molecule has 1 heterocycles. The van der Waals surface area contributed by atoms with Crippen molar-refractivity contribution < 1.29 is 19.4 Å². The van der Waals surface area contributed by atoms with Crippen LogP contribution in [0.5, 0.6) is 11.5 Å².